The van der Waals surface area contributed by atoms with Crippen LogP contribution in [-0.4, -0.2) is 22.7 Å². The van der Waals surface area contributed by atoms with E-state index in [0.717, 1.165) is 0 Å². The van der Waals surface area contributed by atoms with E-state index in [4.69, 9.17) is 0 Å². The third-order valence-corrected chi connectivity index (χ3v) is 3.14. The fraction of sp³-hybridized carbons (Fsp3) is 0.125. The Kier molecular flexibility index (Phi) is 4.63. The number of carbonyl (C=O) groups is 2. The van der Waals surface area contributed by atoms with Gasteiger partial charge in [0, 0.05) is 23.3 Å². The van der Waals surface area contributed by atoms with Gasteiger partial charge in [-0.3, -0.25) is 19.7 Å². The average molecular weight is 298 g/mol. The van der Waals surface area contributed by atoms with Gasteiger partial charge in [0.2, 0.25) is 0 Å². The quantitative estimate of drug-likeness (QED) is 0.522. The van der Waals surface area contributed by atoms with Crippen molar-refractivity contribution >= 4 is 17.4 Å². The Labute approximate surface area is 126 Å². The highest BCUT2D eigenvalue weighted by Gasteiger charge is 2.18. The SMILES string of the molecule is CC(NC(=O)c1ccccc1)C(=O)c1ccc([N+](=O)[O-])cc1. The summed E-state index contributed by atoms with van der Waals surface area (Å²) >= 11 is 0. The highest BCUT2D eigenvalue weighted by molar-refractivity contribution is 6.04. The first-order valence-electron chi connectivity index (χ1n) is 6.63. The molecule has 0 fully saturated rings. The van der Waals surface area contributed by atoms with Crippen LogP contribution in [0.1, 0.15) is 27.6 Å². The van der Waals surface area contributed by atoms with Gasteiger partial charge in [0.05, 0.1) is 11.0 Å². The zero-order valence-corrected chi connectivity index (χ0v) is 11.9. The first-order valence-corrected chi connectivity index (χ1v) is 6.63. The van der Waals surface area contributed by atoms with Crippen molar-refractivity contribution < 1.29 is 14.5 Å². The van der Waals surface area contributed by atoms with Gasteiger partial charge in [0.25, 0.3) is 11.6 Å². The van der Waals surface area contributed by atoms with Crippen LogP contribution in [0.15, 0.2) is 54.6 Å². The van der Waals surface area contributed by atoms with Gasteiger partial charge in [-0.15, -0.1) is 0 Å². The Bertz CT molecular complexity index is 696. The van der Waals surface area contributed by atoms with Crippen molar-refractivity contribution in [2.75, 3.05) is 0 Å². The topological polar surface area (TPSA) is 89.3 Å². The zero-order chi connectivity index (χ0) is 16.1. The highest BCUT2D eigenvalue weighted by Crippen LogP contribution is 2.13. The van der Waals surface area contributed by atoms with Gasteiger partial charge in [0.15, 0.2) is 5.78 Å². The second-order valence-corrected chi connectivity index (χ2v) is 4.73. The molecule has 2 aromatic rings. The van der Waals surface area contributed by atoms with E-state index < -0.39 is 11.0 Å². The van der Waals surface area contributed by atoms with E-state index >= 15 is 0 Å². The van der Waals surface area contributed by atoms with E-state index in [2.05, 4.69) is 5.32 Å². The molecule has 6 heteroatoms. The molecule has 0 radical (unpaired) electrons. The monoisotopic (exact) mass is 298 g/mol. The van der Waals surface area contributed by atoms with Crippen LogP contribution in [-0.2, 0) is 0 Å². The standard InChI is InChI=1S/C16H14N2O4/c1-11(17-16(20)13-5-3-2-4-6-13)15(19)12-7-9-14(10-8-12)18(21)22/h2-11H,1H3,(H,17,20). The number of benzene rings is 2. The second-order valence-electron chi connectivity index (χ2n) is 4.73. The molecular weight excluding hydrogens is 284 g/mol. The average Bonchev–Trinajstić information content (AvgIpc) is 2.55. The fourth-order valence-electron chi connectivity index (χ4n) is 1.93. The summed E-state index contributed by atoms with van der Waals surface area (Å²) in [5, 5.41) is 13.2. The molecular formula is C16H14N2O4. The van der Waals surface area contributed by atoms with E-state index in [0.29, 0.717) is 11.1 Å². The lowest BCUT2D eigenvalue weighted by Gasteiger charge is -2.13. The maximum atomic E-state index is 12.2. The van der Waals surface area contributed by atoms with Crippen LogP contribution >= 0.6 is 0 Å². The Morgan fingerprint density at radius 3 is 2.14 bits per heavy atom. The summed E-state index contributed by atoms with van der Waals surface area (Å²) in [5.74, 6) is -0.650. The molecule has 6 nitrogen and oxygen atoms in total. The molecule has 1 unspecified atom stereocenters. The third-order valence-electron chi connectivity index (χ3n) is 3.14. The number of nitro benzene ring substituents is 1. The number of carbonyl (C=O) groups excluding carboxylic acids is 2. The number of nitro groups is 1. The van der Waals surface area contributed by atoms with Gasteiger partial charge in [0.1, 0.15) is 0 Å². The van der Waals surface area contributed by atoms with Gasteiger partial charge in [-0.05, 0) is 31.2 Å². The van der Waals surface area contributed by atoms with Crippen LogP contribution in [0.2, 0.25) is 0 Å². The van der Waals surface area contributed by atoms with E-state index in [1.54, 1.807) is 37.3 Å². The number of hydrogen-bond acceptors (Lipinski definition) is 4. The maximum Gasteiger partial charge on any atom is 0.269 e. The van der Waals surface area contributed by atoms with Crippen LogP contribution in [0.5, 0.6) is 0 Å². The van der Waals surface area contributed by atoms with Gasteiger partial charge in [-0.1, -0.05) is 18.2 Å². The molecule has 0 saturated carbocycles. The number of Topliss-reactive ketones (excluding diaryl/α,β-unsaturated/α-hetero) is 1. The molecule has 0 aliphatic carbocycles. The van der Waals surface area contributed by atoms with Crippen molar-refractivity contribution in [2.24, 2.45) is 0 Å². The normalized spacial score (nSPS) is 11.5. The largest absolute Gasteiger partial charge is 0.342 e. The van der Waals surface area contributed by atoms with Crippen molar-refractivity contribution in [1.29, 1.82) is 0 Å². The highest BCUT2D eigenvalue weighted by atomic mass is 16.6. The molecule has 0 spiro atoms. The van der Waals surface area contributed by atoms with Gasteiger partial charge in [-0.2, -0.15) is 0 Å². The maximum absolute atomic E-state index is 12.2. The summed E-state index contributed by atoms with van der Waals surface area (Å²) in [6, 6.07) is 13.1. The number of nitrogens with one attached hydrogen (secondary N) is 1. The van der Waals surface area contributed by atoms with Gasteiger partial charge >= 0.3 is 0 Å². The number of non-ortho nitro benzene ring substituents is 1. The van der Waals surface area contributed by atoms with E-state index in [9.17, 15) is 19.7 Å². The predicted octanol–water partition coefficient (Wildman–Crippen LogP) is 2.60. The molecule has 22 heavy (non-hydrogen) atoms. The summed E-state index contributed by atoms with van der Waals surface area (Å²) in [6.45, 7) is 1.57. The van der Waals surface area contributed by atoms with E-state index in [-0.39, 0.29) is 17.4 Å². The lowest BCUT2D eigenvalue weighted by molar-refractivity contribution is -0.384. The minimum Gasteiger partial charge on any atom is -0.342 e. The van der Waals surface area contributed by atoms with Gasteiger partial charge < -0.3 is 5.32 Å². The second kappa shape index (κ2) is 6.62. The van der Waals surface area contributed by atoms with Gasteiger partial charge in [-0.25, -0.2) is 0 Å². The molecule has 1 atom stereocenters. The van der Waals surface area contributed by atoms with Crippen LogP contribution in [0, 0.1) is 10.1 Å². The third kappa shape index (κ3) is 3.54. The van der Waals surface area contributed by atoms with Crippen molar-refractivity contribution in [3.8, 4) is 0 Å². The molecule has 1 N–H and O–H groups in total. The molecule has 0 heterocycles. The Morgan fingerprint density at radius 1 is 1.00 bits per heavy atom. The van der Waals surface area contributed by atoms with E-state index in [1.165, 1.54) is 24.3 Å². The smallest absolute Gasteiger partial charge is 0.269 e. The minimum atomic E-state index is -0.728. The Hall–Kier alpha value is -3.02. The summed E-state index contributed by atoms with van der Waals surface area (Å²) < 4.78 is 0. The van der Waals surface area contributed by atoms with Crippen LogP contribution < -0.4 is 5.32 Å². The van der Waals surface area contributed by atoms with Crippen molar-refractivity contribution in [3.63, 3.8) is 0 Å². The molecule has 0 aliphatic rings. The summed E-state index contributed by atoms with van der Waals surface area (Å²) in [4.78, 5) is 34.2. The number of nitrogens with zero attached hydrogens (tertiary/aromatic N) is 1. The number of amides is 1. The predicted molar refractivity (Wildman–Crippen MR) is 80.8 cm³/mol. The van der Waals surface area contributed by atoms with Crippen molar-refractivity contribution in [2.45, 2.75) is 13.0 Å². The molecule has 1 amide bonds. The molecule has 0 aromatic heterocycles. The summed E-state index contributed by atoms with van der Waals surface area (Å²) in [7, 11) is 0. The molecule has 2 rings (SSSR count). The lowest BCUT2D eigenvalue weighted by atomic mass is 10.0. The molecule has 0 bridgehead atoms. The van der Waals surface area contributed by atoms with Crippen molar-refractivity contribution in [3.05, 3.63) is 75.8 Å². The summed E-state index contributed by atoms with van der Waals surface area (Å²) in [6.07, 6.45) is 0. The number of ketones is 1. The Morgan fingerprint density at radius 2 is 1.59 bits per heavy atom. The van der Waals surface area contributed by atoms with Crippen LogP contribution in [0.25, 0.3) is 0 Å². The number of hydrogen-bond donors (Lipinski definition) is 1. The Balaban J connectivity index is 2.06. The van der Waals surface area contributed by atoms with Crippen LogP contribution in [0.3, 0.4) is 0 Å². The number of rotatable bonds is 5. The minimum absolute atomic E-state index is 0.0856. The van der Waals surface area contributed by atoms with E-state index in [1.807, 2.05) is 0 Å². The summed E-state index contributed by atoms with van der Waals surface area (Å²) in [5.41, 5.74) is 0.690. The molecule has 112 valence electrons. The van der Waals surface area contributed by atoms with Crippen molar-refractivity contribution in [1.82, 2.24) is 5.32 Å². The first kappa shape index (κ1) is 15.4. The molecule has 0 aliphatic heterocycles. The van der Waals surface area contributed by atoms with Crippen LogP contribution in [0.4, 0.5) is 5.69 Å². The lowest BCUT2D eigenvalue weighted by Crippen LogP contribution is -2.38. The zero-order valence-electron chi connectivity index (χ0n) is 11.9. The molecule has 2 aromatic carbocycles. The molecule has 0 saturated heterocycles. The fourth-order valence-corrected chi connectivity index (χ4v) is 1.93. The first-order chi connectivity index (χ1) is 10.5.